The molecule has 4 nitrogen and oxygen atoms in total. The Morgan fingerprint density at radius 2 is 1.42 bits per heavy atom. The summed E-state index contributed by atoms with van der Waals surface area (Å²) < 4.78 is 0. The first-order valence-electron chi connectivity index (χ1n) is 8.60. The van der Waals surface area contributed by atoms with Gasteiger partial charge in [0.05, 0.1) is 0 Å². The van der Waals surface area contributed by atoms with Crippen molar-refractivity contribution in [2.45, 2.75) is 81.1 Å². The van der Waals surface area contributed by atoms with Crippen molar-refractivity contribution in [2.24, 2.45) is 11.8 Å². The van der Waals surface area contributed by atoms with Crippen molar-refractivity contribution < 1.29 is 19.2 Å². The summed E-state index contributed by atoms with van der Waals surface area (Å²) in [5, 5.41) is 0.659. The van der Waals surface area contributed by atoms with Crippen molar-refractivity contribution in [1.82, 2.24) is 0 Å². The van der Waals surface area contributed by atoms with Gasteiger partial charge in [0.2, 0.25) is 0 Å². The van der Waals surface area contributed by atoms with Gasteiger partial charge in [0, 0.05) is 36.2 Å². The highest BCUT2D eigenvalue weighted by molar-refractivity contribution is 8.14. The second-order valence-electron chi connectivity index (χ2n) is 6.20. The van der Waals surface area contributed by atoms with Gasteiger partial charge in [-0.1, -0.05) is 52.2 Å². The summed E-state index contributed by atoms with van der Waals surface area (Å²) in [7, 11) is 0. The molecule has 0 radical (unpaired) electrons. The normalized spacial score (nSPS) is 20.6. The number of carbonyl (C=O) groups is 4. The molecule has 0 bridgehead atoms. The molecule has 2 rings (SSSR count). The maximum absolute atomic E-state index is 11.0. The standard InChI is InChI=1S/C8H12O2S.C5H8OS.C5H10O.2CH4/c1-6(9)2-3-7-4-5-11-8(7)10;1-4-2-3-7-5(4)6;1-3-4-5(2)6;;/h7H,2-5H2,1H3;4H,2-3H2,1H3;3-4H2,1-2H3;2*1H4. The molecule has 6 heteroatoms. The lowest BCUT2D eigenvalue weighted by Gasteiger charge is -2.02. The van der Waals surface area contributed by atoms with E-state index in [1.165, 1.54) is 23.5 Å². The first-order valence-corrected chi connectivity index (χ1v) is 10.6. The van der Waals surface area contributed by atoms with E-state index in [2.05, 4.69) is 0 Å². The van der Waals surface area contributed by atoms with Crippen LogP contribution in [0.5, 0.6) is 0 Å². The summed E-state index contributed by atoms with van der Waals surface area (Å²) in [4.78, 5) is 42.2. The molecular weight excluding hydrogens is 368 g/mol. The van der Waals surface area contributed by atoms with E-state index in [0.717, 1.165) is 43.6 Å². The maximum atomic E-state index is 11.0. The van der Waals surface area contributed by atoms with Crippen LogP contribution in [0.4, 0.5) is 0 Å². The maximum Gasteiger partial charge on any atom is 0.192 e. The number of hydrogen-bond donors (Lipinski definition) is 0. The molecule has 0 amide bonds. The van der Waals surface area contributed by atoms with E-state index in [9.17, 15) is 19.2 Å². The molecule has 2 saturated heterocycles. The van der Waals surface area contributed by atoms with Gasteiger partial charge in [-0.3, -0.25) is 9.59 Å². The van der Waals surface area contributed by atoms with Crippen molar-refractivity contribution in [1.29, 1.82) is 0 Å². The quantitative estimate of drug-likeness (QED) is 0.594. The lowest BCUT2D eigenvalue weighted by molar-refractivity contribution is -0.118. The van der Waals surface area contributed by atoms with Gasteiger partial charge in [0.1, 0.15) is 11.6 Å². The summed E-state index contributed by atoms with van der Waals surface area (Å²) >= 11 is 2.87. The highest BCUT2D eigenvalue weighted by Crippen LogP contribution is 2.28. The monoisotopic (exact) mass is 406 g/mol. The molecule has 0 aromatic carbocycles. The lowest BCUT2D eigenvalue weighted by atomic mass is 10.0. The topological polar surface area (TPSA) is 68.3 Å². The summed E-state index contributed by atoms with van der Waals surface area (Å²) in [6.07, 6.45) is 5.10. The van der Waals surface area contributed by atoms with Crippen LogP contribution < -0.4 is 0 Å². The number of thioether (sulfide) groups is 2. The average molecular weight is 407 g/mol. The molecule has 2 unspecified atom stereocenters. The molecule has 2 aliphatic rings. The SMILES string of the molecule is C.C.CC(=O)CCC1CCSC1=O.CC1CCSC1=O.CCCC(C)=O. The summed E-state index contributed by atoms with van der Waals surface area (Å²) in [6, 6.07) is 0. The lowest BCUT2D eigenvalue weighted by Crippen LogP contribution is -2.06. The molecule has 2 heterocycles. The Bertz CT molecular complexity index is 436. The van der Waals surface area contributed by atoms with E-state index in [4.69, 9.17) is 0 Å². The van der Waals surface area contributed by atoms with Gasteiger partial charge in [-0.15, -0.1) is 0 Å². The minimum absolute atomic E-state index is 0. The largest absolute Gasteiger partial charge is 0.300 e. The number of hydrogen-bond acceptors (Lipinski definition) is 6. The molecule has 0 aromatic heterocycles. The highest BCUT2D eigenvalue weighted by atomic mass is 32.2. The minimum Gasteiger partial charge on any atom is -0.300 e. The third-order valence-corrected chi connectivity index (χ3v) is 5.87. The van der Waals surface area contributed by atoms with E-state index in [0.29, 0.717) is 17.5 Å². The van der Waals surface area contributed by atoms with E-state index < -0.39 is 0 Å². The minimum atomic E-state index is 0. The van der Waals surface area contributed by atoms with Crippen LogP contribution in [-0.4, -0.2) is 33.3 Å². The van der Waals surface area contributed by atoms with Gasteiger partial charge < -0.3 is 9.59 Å². The fraction of sp³-hybridized carbons (Fsp3) is 0.800. The first-order chi connectivity index (χ1) is 11.3. The zero-order chi connectivity index (χ0) is 18.5. The van der Waals surface area contributed by atoms with Crippen molar-refractivity contribution in [3.05, 3.63) is 0 Å². The van der Waals surface area contributed by atoms with E-state index in [-0.39, 0.29) is 37.5 Å². The second kappa shape index (κ2) is 17.8. The second-order valence-corrected chi connectivity index (χ2v) is 8.40. The Morgan fingerprint density at radius 3 is 1.65 bits per heavy atom. The molecule has 0 aliphatic carbocycles. The fourth-order valence-electron chi connectivity index (χ4n) is 2.13. The van der Waals surface area contributed by atoms with Crippen LogP contribution in [0.1, 0.15) is 81.1 Å². The van der Waals surface area contributed by atoms with Crippen molar-refractivity contribution in [3.8, 4) is 0 Å². The predicted octanol–water partition coefficient (Wildman–Crippen LogP) is 5.57. The van der Waals surface area contributed by atoms with Crippen LogP contribution in [0.2, 0.25) is 0 Å². The Morgan fingerprint density at radius 1 is 0.923 bits per heavy atom. The third kappa shape index (κ3) is 15.6. The Hall–Kier alpha value is -0.620. The number of Topliss-reactive ketones (excluding diaryl/α,β-unsaturated/α-hetero) is 2. The van der Waals surface area contributed by atoms with Crippen molar-refractivity contribution in [2.75, 3.05) is 11.5 Å². The van der Waals surface area contributed by atoms with Gasteiger partial charge >= 0.3 is 0 Å². The molecule has 2 fully saturated rings. The van der Waals surface area contributed by atoms with Gasteiger partial charge in [0.15, 0.2) is 10.2 Å². The molecule has 26 heavy (non-hydrogen) atoms. The molecule has 2 atom stereocenters. The fourth-order valence-corrected chi connectivity index (χ4v) is 4.28. The van der Waals surface area contributed by atoms with E-state index in [1.54, 1.807) is 13.8 Å². The van der Waals surface area contributed by atoms with Gasteiger partial charge in [0.25, 0.3) is 0 Å². The zero-order valence-electron chi connectivity index (χ0n) is 15.3. The number of ketones is 2. The van der Waals surface area contributed by atoms with Gasteiger partial charge in [-0.2, -0.15) is 0 Å². The summed E-state index contributed by atoms with van der Waals surface area (Å²) in [5.74, 6) is 2.97. The molecule has 0 spiro atoms. The van der Waals surface area contributed by atoms with Crippen LogP contribution in [0.3, 0.4) is 0 Å². The van der Waals surface area contributed by atoms with E-state index >= 15 is 0 Å². The third-order valence-electron chi connectivity index (χ3n) is 3.69. The van der Waals surface area contributed by atoms with Crippen molar-refractivity contribution >= 4 is 45.3 Å². The summed E-state index contributed by atoms with van der Waals surface area (Å²) in [6.45, 7) is 7.18. The van der Waals surface area contributed by atoms with Crippen LogP contribution in [0.15, 0.2) is 0 Å². The van der Waals surface area contributed by atoms with Crippen LogP contribution >= 0.6 is 23.5 Å². The zero-order valence-corrected chi connectivity index (χ0v) is 16.9. The average Bonchev–Trinajstić information content (AvgIpc) is 3.07. The number of rotatable bonds is 5. The molecule has 0 N–H and O–H groups in total. The van der Waals surface area contributed by atoms with Crippen LogP contribution in [0, 0.1) is 11.8 Å². The highest BCUT2D eigenvalue weighted by Gasteiger charge is 2.24. The molecule has 0 saturated carbocycles. The van der Waals surface area contributed by atoms with Crippen LogP contribution in [-0.2, 0) is 19.2 Å². The van der Waals surface area contributed by atoms with Gasteiger partial charge in [-0.25, -0.2) is 0 Å². The number of carbonyl (C=O) groups excluding carboxylic acids is 4. The molecule has 154 valence electrons. The Kier molecular flexibility index (Phi) is 20.6. The smallest absolute Gasteiger partial charge is 0.192 e. The summed E-state index contributed by atoms with van der Waals surface area (Å²) in [5.41, 5.74) is 0. The Balaban J connectivity index is -0.000000311. The molecular formula is C20H38O4S2. The van der Waals surface area contributed by atoms with Crippen molar-refractivity contribution in [3.63, 3.8) is 0 Å². The molecule has 0 aromatic rings. The predicted molar refractivity (Wildman–Crippen MR) is 116 cm³/mol. The van der Waals surface area contributed by atoms with E-state index in [1.807, 2.05) is 13.8 Å². The van der Waals surface area contributed by atoms with Crippen LogP contribution in [0.25, 0.3) is 0 Å². The Labute approximate surface area is 169 Å². The molecule has 2 aliphatic heterocycles. The first kappa shape index (κ1) is 30.1. The van der Waals surface area contributed by atoms with Gasteiger partial charge in [-0.05, 0) is 39.5 Å².